The number of anilines is 2. The van der Waals surface area contributed by atoms with Crippen molar-refractivity contribution in [3.8, 4) is 11.4 Å². The van der Waals surface area contributed by atoms with Crippen molar-refractivity contribution >= 4 is 18.0 Å². The molecule has 3 aromatic rings. The Morgan fingerprint density at radius 3 is 2.78 bits per heavy atom. The number of rotatable bonds is 5. The molecule has 9 nitrogen and oxygen atoms in total. The van der Waals surface area contributed by atoms with E-state index in [4.69, 9.17) is 0 Å². The first-order valence-electron chi connectivity index (χ1n) is 10.9. The molecule has 3 aromatic heterocycles. The van der Waals surface area contributed by atoms with Gasteiger partial charge in [0, 0.05) is 47.2 Å². The summed E-state index contributed by atoms with van der Waals surface area (Å²) in [6.45, 7) is 4.13. The van der Waals surface area contributed by atoms with Gasteiger partial charge in [-0.05, 0) is 45.6 Å². The van der Waals surface area contributed by atoms with E-state index in [1.54, 1.807) is 13.1 Å². The summed E-state index contributed by atoms with van der Waals surface area (Å²) < 4.78 is 14.9. The van der Waals surface area contributed by atoms with Gasteiger partial charge in [-0.25, -0.2) is 29.3 Å². The average molecular weight is 436 g/mol. The average Bonchev–Trinajstić information content (AvgIpc) is 3.21. The molecule has 32 heavy (non-hydrogen) atoms. The van der Waals surface area contributed by atoms with Crippen molar-refractivity contribution in [2.45, 2.75) is 51.6 Å². The number of fused-ring (bicyclic) bond motifs is 1. The molecular formula is C22H26FN9. The maximum atomic E-state index is 14.9. The molecule has 1 saturated carbocycles. The number of nitrogens with one attached hydrogen (secondary N) is 4. The summed E-state index contributed by atoms with van der Waals surface area (Å²) in [5.74, 6) is 0.926. The van der Waals surface area contributed by atoms with Crippen molar-refractivity contribution in [3.63, 3.8) is 0 Å². The molecule has 4 N–H and O–H groups in total. The lowest BCUT2D eigenvalue weighted by Gasteiger charge is -2.30. The summed E-state index contributed by atoms with van der Waals surface area (Å²) in [5.41, 5.74) is 2.80. The minimum Gasteiger partial charge on any atom is -0.372 e. The zero-order valence-electron chi connectivity index (χ0n) is 18.1. The highest BCUT2D eigenvalue weighted by Gasteiger charge is 2.25. The molecule has 166 valence electrons. The molecule has 0 unspecified atom stereocenters. The Labute approximate surface area is 184 Å². The fraction of sp³-hybridized carbons (Fsp3) is 0.409. The molecule has 0 spiro atoms. The first-order chi connectivity index (χ1) is 15.6. The number of aryl methyl sites for hydroxylation is 2. The van der Waals surface area contributed by atoms with Crippen LogP contribution in [0.2, 0.25) is 0 Å². The van der Waals surface area contributed by atoms with E-state index in [1.165, 1.54) is 0 Å². The van der Waals surface area contributed by atoms with E-state index >= 15 is 0 Å². The van der Waals surface area contributed by atoms with Crippen LogP contribution in [0.1, 0.15) is 37.1 Å². The lowest BCUT2D eigenvalue weighted by molar-refractivity contribution is 0.423. The first-order valence-corrected chi connectivity index (χ1v) is 10.9. The number of aromatic nitrogens is 5. The molecule has 0 amide bonds. The van der Waals surface area contributed by atoms with Gasteiger partial charge < -0.3 is 20.9 Å². The van der Waals surface area contributed by atoms with Crippen LogP contribution >= 0.6 is 0 Å². The molecule has 0 saturated heterocycles. The molecule has 1 aliphatic carbocycles. The lowest BCUT2D eigenvalue weighted by atomic mass is 9.91. The molecular weight excluding hydrogens is 409 g/mol. The quantitative estimate of drug-likeness (QED) is 0.483. The summed E-state index contributed by atoms with van der Waals surface area (Å²) in [6, 6.07) is 2.18. The van der Waals surface area contributed by atoms with Crippen LogP contribution in [0.5, 0.6) is 0 Å². The largest absolute Gasteiger partial charge is 0.372 e. The van der Waals surface area contributed by atoms with Gasteiger partial charge in [-0.2, -0.15) is 0 Å². The highest BCUT2D eigenvalue weighted by molar-refractivity contribution is 5.59. The Kier molecular flexibility index (Phi) is 5.42. The molecule has 1 fully saturated rings. The van der Waals surface area contributed by atoms with Crippen LogP contribution in [-0.2, 0) is 0 Å². The lowest BCUT2D eigenvalue weighted by Crippen LogP contribution is -2.35. The van der Waals surface area contributed by atoms with E-state index in [2.05, 4.69) is 45.9 Å². The van der Waals surface area contributed by atoms with Crippen molar-refractivity contribution < 1.29 is 4.39 Å². The highest BCUT2D eigenvalue weighted by Crippen LogP contribution is 2.26. The molecule has 0 radical (unpaired) electrons. The van der Waals surface area contributed by atoms with Crippen LogP contribution in [0.4, 0.5) is 16.2 Å². The van der Waals surface area contributed by atoms with Gasteiger partial charge in [0.15, 0.2) is 17.5 Å². The Bertz CT molecular complexity index is 1250. The molecule has 4 heterocycles. The highest BCUT2D eigenvalue weighted by atomic mass is 19.1. The number of aromatic amines is 1. The van der Waals surface area contributed by atoms with Gasteiger partial charge in [0.05, 0.1) is 5.69 Å². The Morgan fingerprint density at radius 2 is 1.94 bits per heavy atom. The minimum atomic E-state index is -0.415. The van der Waals surface area contributed by atoms with Gasteiger partial charge >= 0.3 is 0 Å². The third kappa shape index (κ3) is 4.12. The normalized spacial score (nSPS) is 19.8. The van der Waals surface area contributed by atoms with Gasteiger partial charge in [-0.15, -0.1) is 0 Å². The smallest absolute Gasteiger partial charge is 0.223 e. The minimum absolute atomic E-state index is 0.0890. The Hall–Kier alpha value is -3.56. The van der Waals surface area contributed by atoms with Gasteiger partial charge in [0.2, 0.25) is 5.95 Å². The number of H-pyrrole nitrogens is 1. The van der Waals surface area contributed by atoms with Gasteiger partial charge in [0.1, 0.15) is 12.2 Å². The number of nitrogens with zero attached hydrogens (tertiary/aromatic N) is 5. The van der Waals surface area contributed by atoms with Crippen molar-refractivity contribution in [2.75, 3.05) is 17.3 Å². The monoisotopic (exact) mass is 435 g/mol. The van der Waals surface area contributed by atoms with Crippen molar-refractivity contribution in [3.05, 3.63) is 46.4 Å². The fourth-order valence-corrected chi connectivity index (χ4v) is 4.28. The van der Waals surface area contributed by atoms with Crippen LogP contribution in [0.15, 0.2) is 23.5 Å². The van der Waals surface area contributed by atoms with Gasteiger partial charge in [-0.1, -0.05) is 0 Å². The molecule has 2 aliphatic rings. The standard InChI is InChI=1S/C22H26FN9/c1-12-6-7-25-22(28-12)31-15-5-3-4-14(8-15)30-21-18(23)13(2)29-20(32-21)17-10-26-19-16(17)9-24-11-27-19/h6-7,9-10,14-15,24H,3-5,8,11H2,1-2H3,(H,26,27)(H,25,28,31)(H,29,30,32)/t14-,15+/m0/s1. The third-order valence-corrected chi connectivity index (χ3v) is 5.87. The van der Waals surface area contributed by atoms with Crippen LogP contribution in [0.25, 0.3) is 17.6 Å². The van der Waals surface area contributed by atoms with Crippen molar-refractivity contribution in [1.29, 1.82) is 0 Å². The zero-order valence-corrected chi connectivity index (χ0v) is 18.1. The van der Waals surface area contributed by atoms with E-state index in [9.17, 15) is 4.39 Å². The number of hydrogen-bond acceptors (Lipinski definition) is 8. The van der Waals surface area contributed by atoms with E-state index in [-0.39, 0.29) is 17.9 Å². The summed E-state index contributed by atoms with van der Waals surface area (Å²) in [4.78, 5) is 25.2. The predicted octanol–water partition coefficient (Wildman–Crippen LogP) is 1.77. The van der Waals surface area contributed by atoms with E-state index in [1.807, 2.05) is 25.4 Å². The molecule has 1 aliphatic heterocycles. The predicted molar refractivity (Wildman–Crippen MR) is 120 cm³/mol. The van der Waals surface area contributed by atoms with E-state index in [0.717, 1.165) is 47.6 Å². The van der Waals surface area contributed by atoms with Crippen LogP contribution in [-0.4, -0.2) is 43.7 Å². The van der Waals surface area contributed by atoms with Crippen LogP contribution in [0, 0.1) is 19.7 Å². The van der Waals surface area contributed by atoms with E-state index < -0.39 is 5.82 Å². The summed E-state index contributed by atoms with van der Waals surface area (Å²) in [6.07, 6.45) is 9.27. The van der Waals surface area contributed by atoms with Crippen molar-refractivity contribution in [1.82, 2.24) is 30.2 Å². The molecule has 2 atom stereocenters. The molecule has 10 heteroatoms. The Morgan fingerprint density at radius 1 is 1.09 bits per heavy atom. The van der Waals surface area contributed by atoms with Crippen LogP contribution in [0.3, 0.4) is 0 Å². The van der Waals surface area contributed by atoms with Crippen LogP contribution < -0.4 is 26.7 Å². The van der Waals surface area contributed by atoms with Gasteiger partial charge in [0.25, 0.3) is 0 Å². The SMILES string of the molecule is Cc1ccnc(N[C@@H]2CCC[C@H](Nc3nc(-c4c[nH]c5c4=CNCN=5)nc(C)c3F)C2)n1. The maximum Gasteiger partial charge on any atom is 0.223 e. The van der Waals surface area contributed by atoms with E-state index in [0.29, 0.717) is 24.1 Å². The molecule has 5 rings (SSSR count). The van der Waals surface area contributed by atoms with Gasteiger partial charge in [-0.3, -0.25) is 0 Å². The summed E-state index contributed by atoms with van der Waals surface area (Å²) >= 11 is 0. The van der Waals surface area contributed by atoms with Crippen molar-refractivity contribution in [2.24, 2.45) is 4.99 Å². The molecule has 0 aromatic carbocycles. The second-order valence-electron chi connectivity index (χ2n) is 8.30. The Balaban J connectivity index is 1.36. The topological polar surface area (TPSA) is 116 Å². The first kappa shape index (κ1) is 20.3. The summed E-state index contributed by atoms with van der Waals surface area (Å²) in [5, 5.41) is 10.7. The zero-order chi connectivity index (χ0) is 22.1. The maximum absolute atomic E-state index is 14.9. The second kappa shape index (κ2) is 8.52. The third-order valence-electron chi connectivity index (χ3n) is 5.87. The molecule has 0 bridgehead atoms. The number of hydrogen-bond donors (Lipinski definition) is 4. The number of halogens is 1. The summed E-state index contributed by atoms with van der Waals surface area (Å²) in [7, 11) is 0. The fourth-order valence-electron chi connectivity index (χ4n) is 4.28. The second-order valence-corrected chi connectivity index (χ2v) is 8.30.